The van der Waals surface area contributed by atoms with Gasteiger partial charge in [0.25, 0.3) is 11.8 Å². The van der Waals surface area contributed by atoms with Crippen molar-refractivity contribution in [2.45, 2.75) is 48.9 Å². The number of nitrogens with zero attached hydrogens (tertiary/aromatic N) is 3. The van der Waals surface area contributed by atoms with Gasteiger partial charge in [0.05, 0.1) is 12.1 Å². The summed E-state index contributed by atoms with van der Waals surface area (Å²) in [5, 5.41) is 9.26. The number of ether oxygens (including phenoxy) is 2. The van der Waals surface area contributed by atoms with Crippen LogP contribution in [0.2, 0.25) is 0 Å². The highest BCUT2D eigenvalue weighted by atomic mass is 33.1. The minimum atomic E-state index is -1.13. The van der Waals surface area contributed by atoms with Crippen molar-refractivity contribution in [3.05, 3.63) is 36.4 Å². The van der Waals surface area contributed by atoms with Gasteiger partial charge in [0.2, 0.25) is 6.79 Å². The van der Waals surface area contributed by atoms with Gasteiger partial charge in [-0.1, -0.05) is 40.7 Å². The lowest BCUT2D eigenvalue weighted by Crippen LogP contribution is -2.76. The Morgan fingerprint density at radius 2 is 2.07 bits per heavy atom. The average molecular weight is 446 g/mol. The van der Waals surface area contributed by atoms with E-state index in [1.54, 1.807) is 22.8 Å². The molecule has 1 aromatic rings. The summed E-state index contributed by atoms with van der Waals surface area (Å²) < 4.78 is 10.9. The van der Waals surface area contributed by atoms with E-state index in [0.717, 1.165) is 5.56 Å². The van der Waals surface area contributed by atoms with Gasteiger partial charge in [-0.2, -0.15) is 5.26 Å². The third-order valence-corrected chi connectivity index (χ3v) is 9.51. The van der Waals surface area contributed by atoms with Crippen LogP contribution in [0.25, 0.3) is 0 Å². The number of hydrogen-bond donors (Lipinski definition) is 0. The lowest BCUT2D eigenvalue weighted by Gasteiger charge is -2.61. The van der Waals surface area contributed by atoms with Crippen molar-refractivity contribution in [3.8, 4) is 17.6 Å². The predicted octanol–water partition coefficient (Wildman–Crippen LogP) is 3.83. The van der Waals surface area contributed by atoms with Crippen LogP contribution in [-0.4, -0.2) is 44.7 Å². The summed E-state index contributed by atoms with van der Waals surface area (Å²) in [4.78, 5) is 28.7. The average Bonchev–Trinajstić information content (AvgIpc) is 3.22. The van der Waals surface area contributed by atoms with Gasteiger partial charge in [0, 0.05) is 19.4 Å². The third-order valence-electron chi connectivity index (χ3n) is 5.81. The van der Waals surface area contributed by atoms with Gasteiger partial charge >= 0.3 is 0 Å². The Hall–Kier alpha value is -2.31. The summed E-state index contributed by atoms with van der Waals surface area (Å²) in [6.07, 6.45) is 2.71. The molecule has 30 heavy (non-hydrogen) atoms. The number of carbonyl (C=O) groups excluding carboxylic acids is 2. The van der Waals surface area contributed by atoms with Crippen LogP contribution >= 0.6 is 21.6 Å². The zero-order valence-electron chi connectivity index (χ0n) is 16.9. The maximum absolute atomic E-state index is 13.8. The normalized spacial score (nSPS) is 27.9. The molecule has 158 valence electrons. The zero-order valence-corrected chi connectivity index (χ0v) is 18.6. The quantitative estimate of drug-likeness (QED) is 0.466. The molecule has 3 atom stereocenters. The number of nitriles is 1. The fourth-order valence-electron chi connectivity index (χ4n) is 4.28. The van der Waals surface area contributed by atoms with Gasteiger partial charge < -0.3 is 19.3 Å². The van der Waals surface area contributed by atoms with E-state index in [-0.39, 0.29) is 44.0 Å². The number of amides is 2. The molecule has 1 aromatic carbocycles. The number of fused-ring (bicyclic) bond motifs is 4. The van der Waals surface area contributed by atoms with Crippen molar-refractivity contribution in [1.82, 2.24) is 9.80 Å². The van der Waals surface area contributed by atoms with Crippen molar-refractivity contribution in [3.63, 3.8) is 0 Å². The summed E-state index contributed by atoms with van der Waals surface area (Å²) >= 11 is 0. The van der Waals surface area contributed by atoms with Gasteiger partial charge in [0.15, 0.2) is 21.2 Å². The van der Waals surface area contributed by atoms with Gasteiger partial charge in [0.1, 0.15) is 0 Å². The fraction of sp³-hybridized carbons (Fsp3) is 0.476. The van der Waals surface area contributed by atoms with Crippen LogP contribution in [0.1, 0.15) is 44.7 Å². The molecule has 5 rings (SSSR count). The van der Waals surface area contributed by atoms with Crippen LogP contribution in [0.4, 0.5) is 0 Å². The first-order valence-electron chi connectivity index (χ1n) is 9.83. The van der Waals surface area contributed by atoms with Crippen molar-refractivity contribution >= 4 is 33.4 Å². The van der Waals surface area contributed by atoms with E-state index in [4.69, 9.17) is 9.47 Å². The number of benzene rings is 1. The second-order valence-electron chi connectivity index (χ2n) is 7.51. The van der Waals surface area contributed by atoms with Crippen molar-refractivity contribution < 1.29 is 19.1 Å². The topological polar surface area (TPSA) is 82.9 Å². The van der Waals surface area contributed by atoms with E-state index < -0.39 is 9.74 Å². The maximum atomic E-state index is 13.8. The SMILES string of the molecule is C=CCN1C(=O)C2(CCC#N)SS[C@@]1(C)C(=O)N2[C@H](CC)c1ccc2c(c1)OCO2. The van der Waals surface area contributed by atoms with Crippen LogP contribution in [0.3, 0.4) is 0 Å². The molecule has 0 aromatic heterocycles. The maximum Gasteiger partial charge on any atom is 0.261 e. The molecule has 0 N–H and O–H groups in total. The molecular weight excluding hydrogens is 422 g/mol. The smallest absolute Gasteiger partial charge is 0.261 e. The second-order valence-corrected chi connectivity index (χ2v) is 10.3. The molecule has 1 unspecified atom stereocenters. The molecule has 3 fully saturated rings. The molecule has 0 spiro atoms. The van der Waals surface area contributed by atoms with Gasteiger partial charge in [-0.25, -0.2) is 0 Å². The van der Waals surface area contributed by atoms with E-state index in [1.165, 1.54) is 21.6 Å². The molecule has 0 aliphatic carbocycles. The Kier molecular flexibility index (Phi) is 5.41. The summed E-state index contributed by atoms with van der Waals surface area (Å²) in [6, 6.07) is 7.46. The summed E-state index contributed by atoms with van der Waals surface area (Å²) in [6.45, 7) is 8.00. The first kappa shape index (κ1) is 20.9. The van der Waals surface area contributed by atoms with Gasteiger partial charge in [-0.05, 0) is 31.0 Å². The van der Waals surface area contributed by atoms with E-state index in [1.807, 2.05) is 25.1 Å². The summed E-state index contributed by atoms with van der Waals surface area (Å²) in [7, 11) is 2.80. The van der Waals surface area contributed by atoms with Crippen molar-refractivity contribution in [1.29, 1.82) is 5.26 Å². The highest BCUT2D eigenvalue weighted by Crippen LogP contribution is 2.62. The van der Waals surface area contributed by atoms with Crippen LogP contribution in [0.5, 0.6) is 11.5 Å². The number of hydrogen-bond acceptors (Lipinski definition) is 7. The largest absolute Gasteiger partial charge is 0.454 e. The van der Waals surface area contributed by atoms with Crippen LogP contribution in [-0.2, 0) is 9.59 Å². The zero-order chi connectivity index (χ0) is 21.5. The summed E-state index contributed by atoms with van der Waals surface area (Å²) in [5.41, 5.74) is 0.885. The minimum absolute atomic E-state index is 0.116. The van der Waals surface area contributed by atoms with Crippen LogP contribution < -0.4 is 9.47 Å². The first-order chi connectivity index (χ1) is 14.4. The summed E-state index contributed by atoms with van der Waals surface area (Å²) in [5.74, 6) is 1.06. The van der Waals surface area contributed by atoms with E-state index in [9.17, 15) is 14.9 Å². The monoisotopic (exact) mass is 445 g/mol. The molecule has 9 heteroatoms. The molecule has 4 heterocycles. The number of piperazine rings is 1. The van der Waals surface area contributed by atoms with Gasteiger partial charge in [-0.3, -0.25) is 9.59 Å². The molecule has 2 bridgehead atoms. The number of carbonyl (C=O) groups is 2. The fourth-order valence-corrected chi connectivity index (χ4v) is 7.74. The molecule has 4 aliphatic rings. The van der Waals surface area contributed by atoms with Crippen LogP contribution in [0, 0.1) is 11.3 Å². The Morgan fingerprint density at radius 1 is 1.30 bits per heavy atom. The Labute approximate surface area is 183 Å². The number of rotatable bonds is 7. The lowest BCUT2D eigenvalue weighted by molar-refractivity contribution is -0.169. The second kappa shape index (κ2) is 7.75. The lowest BCUT2D eigenvalue weighted by atomic mass is 9.93. The molecule has 0 saturated carbocycles. The Morgan fingerprint density at radius 3 is 2.77 bits per heavy atom. The van der Waals surface area contributed by atoms with Gasteiger partial charge in [-0.15, -0.1) is 6.58 Å². The van der Waals surface area contributed by atoms with E-state index in [0.29, 0.717) is 17.9 Å². The predicted molar refractivity (Wildman–Crippen MR) is 116 cm³/mol. The molecule has 2 amide bonds. The molecule has 7 nitrogen and oxygen atoms in total. The van der Waals surface area contributed by atoms with E-state index >= 15 is 0 Å². The van der Waals surface area contributed by atoms with E-state index in [2.05, 4.69) is 12.6 Å². The third kappa shape index (κ3) is 2.88. The molecule has 0 radical (unpaired) electrons. The van der Waals surface area contributed by atoms with Crippen molar-refractivity contribution in [2.24, 2.45) is 0 Å². The standard InChI is InChI=1S/C21H23N3O4S2/c1-4-11-23-19(26)21(9-6-10-22)24(18(25)20(23,3)29-30-21)15(5-2)14-7-8-16-17(12-14)28-13-27-16/h4,7-8,12,15H,1,5-6,9,11,13H2,2-3H3/t15-,20+,21?/m1/s1. The highest BCUT2D eigenvalue weighted by Gasteiger charge is 2.68. The van der Waals surface area contributed by atoms with Crippen LogP contribution in [0.15, 0.2) is 30.9 Å². The highest BCUT2D eigenvalue weighted by molar-refractivity contribution is 8.78. The Bertz CT molecular complexity index is 949. The van der Waals surface area contributed by atoms with Crippen molar-refractivity contribution in [2.75, 3.05) is 13.3 Å². The Balaban J connectivity index is 1.82. The molecule has 3 saturated heterocycles. The molecule has 4 aliphatic heterocycles. The minimum Gasteiger partial charge on any atom is -0.454 e. The first-order valence-corrected chi connectivity index (χ1v) is 12.0. The molecular formula is C21H23N3O4S2.